The number of hydrogen-bond donors (Lipinski definition) is 0. The topological polar surface area (TPSA) is 74.8 Å². The molecule has 4 rings (SSSR count). The van der Waals surface area contributed by atoms with Gasteiger partial charge in [0.25, 0.3) is 0 Å². The number of fused-ring (bicyclic) bond motifs is 1. The van der Waals surface area contributed by atoms with Gasteiger partial charge in [-0.15, -0.1) is 21.5 Å². The van der Waals surface area contributed by atoms with E-state index in [0.717, 1.165) is 35.1 Å². The minimum Gasteiger partial charge on any atom is -0.304 e. The molecular formula is C23H25N5OS2. The highest BCUT2D eigenvalue weighted by Crippen LogP contribution is 2.38. The number of nitriles is 1. The molecule has 1 unspecified atom stereocenters. The van der Waals surface area contributed by atoms with Crippen LogP contribution in [-0.2, 0) is 24.7 Å². The van der Waals surface area contributed by atoms with Crippen molar-refractivity contribution < 1.29 is 4.79 Å². The van der Waals surface area contributed by atoms with Crippen molar-refractivity contribution in [2.75, 3.05) is 17.2 Å². The van der Waals surface area contributed by atoms with Crippen molar-refractivity contribution in [1.29, 1.82) is 5.26 Å². The van der Waals surface area contributed by atoms with Crippen LogP contribution >= 0.6 is 23.1 Å². The number of carbonyl (C=O) groups excluding carboxylic acids is 1. The highest BCUT2D eigenvalue weighted by molar-refractivity contribution is 7.99. The largest absolute Gasteiger partial charge is 0.304 e. The molecule has 31 heavy (non-hydrogen) atoms. The average molecular weight is 452 g/mol. The summed E-state index contributed by atoms with van der Waals surface area (Å²) < 4.78 is 1.96. The molecule has 1 aliphatic carbocycles. The number of anilines is 1. The fourth-order valence-electron chi connectivity index (χ4n) is 3.92. The number of amides is 1. The van der Waals surface area contributed by atoms with Crippen molar-refractivity contribution in [3.8, 4) is 16.8 Å². The van der Waals surface area contributed by atoms with Gasteiger partial charge < -0.3 is 4.57 Å². The number of thioether (sulfide) groups is 1. The molecule has 3 aromatic rings. The van der Waals surface area contributed by atoms with Gasteiger partial charge in [-0.2, -0.15) is 5.26 Å². The number of hydrogen-bond acceptors (Lipinski definition) is 6. The van der Waals surface area contributed by atoms with E-state index in [4.69, 9.17) is 5.26 Å². The van der Waals surface area contributed by atoms with E-state index in [1.54, 1.807) is 0 Å². The van der Waals surface area contributed by atoms with Crippen molar-refractivity contribution in [2.24, 2.45) is 13.0 Å². The van der Waals surface area contributed by atoms with Gasteiger partial charge in [-0.05, 0) is 48.9 Å². The van der Waals surface area contributed by atoms with E-state index in [1.807, 2.05) is 53.3 Å². The van der Waals surface area contributed by atoms with Crippen LogP contribution < -0.4 is 4.90 Å². The van der Waals surface area contributed by atoms with Crippen LogP contribution in [0.15, 0.2) is 41.6 Å². The van der Waals surface area contributed by atoms with E-state index >= 15 is 0 Å². The summed E-state index contributed by atoms with van der Waals surface area (Å²) in [4.78, 5) is 16.9. The van der Waals surface area contributed by atoms with Crippen molar-refractivity contribution in [1.82, 2.24) is 14.8 Å². The SMILES string of the molecule is CCC1CCc2sc(-c3nnc(SCC(=O)N(CC#N)c4ccccc4)n3C)cc2C1. The molecule has 1 aliphatic rings. The van der Waals surface area contributed by atoms with Crippen molar-refractivity contribution in [2.45, 2.75) is 37.8 Å². The zero-order valence-corrected chi connectivity index (χ0v) is 19.4. The molecule has 0 aliphatic heterocycles. The van der Waals surface area contributed by atoms with E-state index in [1.165, 1.54) is 39.9 Å². The third-order valence-electron chi connectivity index (χ3n) is 5.74. The lowest BCUT2D eigenvalue weighted by Crippen LogP contribution is -2.32. The Kier molecular flexibility index (Phi) is 6.73. The zero-order chi connectivity index (χ0) is 21.8. The number of rotatable bonds is 7. The normalized spacial score (nSPS) is 15.3. The van der Waals surface area contributed by atoms with E-state index < -0.39 is 0 Å². The fourth-order valence-corrected chi connectivity index (χ4v) is 5.94. The molecule has 0 bridgehead atoms. The number of thiophene rings is 1. The molecule has 0 saturated carbocycles. The minimum atomic E-state index is -0.125. The van der Waals surface area contributed by atoms with Gasteiger partial charge in [0.15, 0.2) is 11.0 Å². The summed E-state index contributed by atoms with van der Waals surface area (Å²) in [5.41, 5.74) is 2.18. The Labute approximate surface area is 190 Å². The Morgan fingerprint density at radius 2 is 2.16 bits per heavy atom. The van der Waals surface area contributed by atoms with Crippen LogP contribution in [0, 0.1) is 17.2 Å². The summed E-state index contributed by atoms with van der Waals surface area (Å²) in [5.74, 6) is 1.70. The molecule has 8 heteroatoms. The molecule has 2 aromatic heterocycles. The molecule has 1 atom stereocenters. The van der Waals surface area contributed by atoms with Crippen LogP contribution in [0.3, 0.4) is 0 Å². The molecule has 1 amide bonds. The molecular weight excluding hydrogens is 426 g/mol. The van der Waals surface area contributed by atoms with Crippen LogP contribution in [0.4, 0.5) is 5.69 Å². The van der Waals surface area contributed by atoms with E-state index in [2.05, 4.69) is 29.3 Å². The molecule has 1 aromatic carbocycles. The monoisotopic (exact) mass is 451 g/mol. The van der Waals surface area contributed by atoms with Crippen LogP contribution in [0.2, 0.25) is 0 Å². The van der Waals surface area contributed by atoms with Gasteiger partial charge >= 0.3 is 0 Å². The van der Waals surface area contributed by atoms with Crippen molar-refractivity contribution in [3.63, 3.8) is 0 Å². The third kappa shape index (κ3) is 4.68. The van der Waals surface area contributed by atoms with Crippen molar-refractivity contribution >= 4 is 34.7 Å². The Morgan fingerprint density at radius 3 is 2.90 bits per heavy atom. The number of aryl methyl sites for hydroxylation is 1. The van der Waals surface area contributed by atoms with E-state index in [-0.39, 0.29) is 18.2 Å². The molecule has 0 saturated heterocycles. The Hall–Kier alpha value is -2.63. The van der Waals surface area contributed by atoms with Gasteiger partial charge in [-0.25, -0.2) is 0 Å². The van der Waals surface area contributed by atoms with Crippen LogP contribution in [0.5, 0.6) is 0 Å². The predicted octanol–water partition coefficient (Wildman–Crippen LogP) is 4.71. The van der Waals surface area contributed by atoms with E-state index in [9.17, 15) is 4.79 Å². The highest BCUT2D eigenvalue weighted by Gasteiger charge is 2.23. The van der Waals surface area contributed by atoms with Gasteiger partial charge in [-0.3, -0.25) is 9.69 Å². The van der Waals surface area contributed by atoms with Gasteiger partial charge in [0, 0.05) is 17.6 Å². The summed E-state index contributed by atoms with van der Waals surface area (Å²) in [6.07, 6.45) is 4.81. The fraction of sp³-hybridized carbons (Fsp3) is 0.391. The summed E-state index contributed by atoms with van der Waals surface area (Å²) >= 11 is 3.17. The third-order valence-corrected chi connectivity index (χ3v) is 7.98. The molecule has 0 spiro atoms. The van der Waals surface area contributed by atoms with Crippen LogP contribution in [0.25, 0.3) is 10.7 Å². The number of aromatic nitrogens is 3. The quantitative estimate of drug-likeness (QED) is 0.384. The maximum absolute atomic E-state index is 12.8. The number of carbonyl (C=O) groups is 1. The van der Waals surface area contributed by atoms with Gasteiger partial charge in [0.05, 0.1) is 16.7 Å². The first-order valence-corrected chi connectivity index (χ1v) is 12.3. The Morgan fingerprint density at radius 1 is 1.35 bits per heavy atom. The summed E-state index contributed by atoms with van der Waals surface area (Å²) in [5, 5.41) is 18.6. The second-order valence-electron chi connectivity index (χ2n) is 7.70. The number of nitrogens with zero attached hydrogens (tertiary/aromatic N) is 5. The molecule has 0 fully saturated rings. The first kappa shape index (κ1) is 21.6. The van der Waals surface area contributed by atoms with E-state index in [0.29, 0.717) is 5.16 Å². The summed E-state index contributed by atoms with van der Waals surface area (Å²) in [6, 6.07) is 13.6. The molecule has 160 valence electrons. The molecule has 2 heterocycles. The maximum Gasteiger partial charge on any atom is 0.238 e. The lowest BCUT2D eigenvalue weighted by Gasteiger charge is -2.19. The van der Waals surface area contributed by atoms with Gasteiger partial charge in [0.1, 0.15) is 6.54 Å². The second-order valence-corrected chi connectivity index (χ2v) is 9.78. The number of benzene rings is 1. The summed E-state index contributed by atoms with van der Waals surface area (Å²) in [6.45, 7) is 2.29. The minimum absolute atomic E-state index is 0.0208. The van der Waals surface area contributed by atoms with Gasteiger partial charge in [0.2, 0.25) is 5.91 Å². The maximum atomic E-state index is 12.8. The van der Waals surface area contributed by atoms with Crippen LogP contribution in [0.1, 0.15) is 30.2 Å². The molecule has 0 N–H and O–H groups in total. The summed E-state index contributed by atoms with van der Waals surface area (Å²) in [7, 11) is 1.94. The predicted molar refractivity (Wildman–Crippen MR) is 125 cm³/mol. The molecule has 6 nitrogen and oxygen atoms in total. The smallest absolute Gasteiger partial charge is 0.238 e. The lowest BCUT2D eigenvalue weighted by molar-refractivity contribution is -0.116. The lowest BCUT2D eigenvalue weighted by atomic mass is 9.87. The van der Waals surface area contributed by atoms with Crippen LogP contribution in [-0.4, -0.2) is 33.0 Å². The zero-order valence-electron chi connectivity index (χ0n) is 17.7. The first-order valence-electron chi connectivity index (χ1n) is 10.5. The number of para-hydroxylation sites is 1. The first-order chi connectivity index (χ1) is 15.1. The van der Waals surface area contributed by atoms with Gasteiger partial charge in [-0.1, -0.05) is 43.3 Å². The molecule has 0 radical (unpaired) electrons. The average Bonchev–Trinajstić information content (AvgIpc) is 3.38. The van der Waals surface area contributed by atoms with Crippen molar-refractivity contribution in [3.05, 3.63) is 46.8 Å². The second kappa shape index (κ2) is 9.67. The standard InChI is InChI=1S/C23H25N5OS2/c1-3-16-9-10-19-17(13-16)14-20(31-19)22-25-26-23(27(22)2)30-15-21(29)28(12-11-24)18-7-5-4-6-8-18/h4-8,14,16H,3,9-10,12-13,15H2,1-2H3. The Bertz CT molecular complexity index is 1100. The highest BCUT2D eigenvalue weighted by atomic mass is 32.2. The Balaban J connectivity index is 1.46.